The van der Waals surface area contributed by atoms with E-state index in [0.717, 1.165) is 0 Å². The van der Waals surface area contributed by atoms with Gasteiger partial charge in [-0.25, -0.2) is 4.79 Å². The predicted octanol–water partition coefficient (Wildman–Crippen LogP) is 1.04. The molecule has 0 bridgehead atoms. The first-order chi connectivity index (χ1) is 6.11. The molecule has 1 aromatic rings. The van der Waals surface area contributed by atoms with Crippen LogP contribution < -0.4 is 0 Å². The minimum Gasteiger partial charge on any atom is -0.475 e. The van der Waals surface area contributed by atoms with E-state index in [0.29, 0.717) is 10.0 Å². The number of hydrogen-bond donors (Lipinski definition) is 1. The lowest BCUT2D eigenvalue weighted by molar-refractivity contribution is -0.148. The van der Waals surface area contributed by atoms with Gasteiger partial charge in [0.15, 0.2) is 0 Å². The van der Waals surface area contributed by atoms with Crippen LogP contribution in [-0.2, 0) is 16.0 Å². The fraction of sp³-hybridized carbons (Fsp3) is 0.125. The molecule has 0 aromatic carbocycles. The number of carboxylic acid groups (broad SMARTS) is 1. The number of carboxylic acids is 1. The first-order valence-electron chi connectivity index (χ1n) is 3.46. The maximum absolute atomic E-state index is 10.8. The highest BCUT2D eigenvalue weighted by molar-refractivity contribution is 9.10. The number of hydrogen-bond acceptors (Lipinski definition) is 3. The Morgan fingerprint density at radius 1 is 1.54 bits per heavy atom. The average Bonchev–Trinajstić information content (AvgIpc) is 2.08. The molecule has 0 unspecified atom stereocenters. The number of carbonyl (C=O) groups excluding carboxylic acids is 1. The molecule has 0 aliphatic rings. The summed E-state index contributed by atoms with van der Waals surface area (Å²) in [5.74, 6) is -2.24. The molecule has 0 aliphatic heterocycles. The van der Waals surface area contributed by atoms with Crippen LogP contribution in [0.4, 0.5) is 0 Å². The van der Waals surface area contributed by atoms with E-state index in [9.17, 15) is 9.59 Å². The third kappa shape index (κ3) is 2.62. The standard InChI is InChI=1S/C8H6BrNO3/c9-6-4-10-2-1-5(6)3-7(11)8(12)13/h1-2,4H,3H2,(H,12,13). The second kappa shape index (κ2) is 4.13. The molecule has 0 saturated carbocycles. The topological polar surface area (TPSA) is 67.3 Å². The van der Waals surface area contributed by atoms with Crippen LogP contribution in [0, 0.1) is 0 Å². The van der Waals surface area contributed by atoms with Gasteiger partial charge in [-0.15, -0.1) is 0 Å². The molecule has 1 rings (SSSR count). The summed E-state index contributed by atoms with van der Waals surface area (Å²) in [5.41, 5.74) is 0.627. The molecule has 0 fully saturated rings. The zero-order valence-electron chi connectivity index (χ0n) is 6.53. The van der Waals surface area contributed by atoms with Gasteiger partial charge in [-0.2, -0.15) is 0 Å². The van der Waals surface area contributed by atoms with Crippen molar-refractivity contribution < 1.29 is 14.7 Å². The first kappa shape index (κ1) is 9.85. The molecular weight excluding hydrogens is 238 g/mol. The normalized spacial score (nSPS) is 9.62. The summed E-state index contributed by atoms with van der Waals surface area (Å²) in [6, 6.07) is 1.60. The van der Waals surface area contributed by atoms with Crippen molar-refractivity contribution in [2.45, 2.75) is 6.42 Å². The average molecular weight is 244 g/mol. The maximum atomic E-state index is 10.8. The van der Waals surface area contributed by atoms with Gasteiger partial charge in [-0.05, 0) is 27.6 Å². The summed E-state index contributed by atoms with van der Waals surface area (Å²) in [6.45, 7) is 0. The lowest BCUT2D eigenvalue weighted by Gasteiger charge is -1.99. The van der Waals surface area contributed by atoms with Gasteiger partial charge in [0, 0.05) is 23.3 Å². The molecule has 13 heavy (non-hydrogen) atoms. The zero-order valence-corrected chi connectivity index (χ0v) is 8.11. The SMILES string of the molecule is O=C(O)C(=O)Cc1ccncc1Br. The van der Waals surface area contributed by atoms with Crippen molar-refractivity contribution in [1.29, 1.82) is 0 Å². The lowest BCUT2D eigenvalue weighted by Crippen LogP contribution is -2.15. The molecule has 0 radical (unpaired) electrons. The third-order valence-electron chi connectivity index (χ3n) is 1.45. The number of ketones is 1. The van der Waals surface area contributed by atoms with Crippen LogP contribution in [0.1, 0.15) is 5.56 Å². The van der Waals surface area contributed by atoms with Crippen LogP contribution in [0.3, 0.4) is 0 Å². The summed E-state index contributed by atoms with van der Waals surface area (Å²) >= 11 is 3.17. The van der Waals surface area contributed by atoms with E-state index < -0.39 is 11.8 Å². The first-order valence-corrected chi connectivity index (χ1v) is 4.25. The monoisotopic (exact) mass is 243 g/mol. The van der Waals surface area contributed by atoms with Gasteiger partial charge in [0.1, 0.15) is 0 Å². The Kier molecular flexibility index (Phi) is 3.13. The summed E-state index contributed by atoms with van der Waals surface area (Å²) in [6.07, 6.45) is 2.91. The van der Waals surface area contributed by atoms with E-state index in [1.165, 1.54) is 12.4 Å². The maximum Gasteiger partial charge on any atom is 0.372 e. The number of carbonyl (C=O) groups is 2. The fourth-order valence-electron chi connectivity index (χ4n) is 0.796. The van der Waals surface area contributed by atoms with Crippen LogP contribution in [-0.4, -0.2) is 21.8 Å². The Hall–Kier alpha value is -1.23. The van der Waals surface area contributed by atoms with Crippen LogP contribution in [0.15, 0.2) is 22.9 Å². The minimum absolute atomic E-state index is 0.113. The summed E-state index contributed by atoms with van der Waals surface area (Å²) in [4.78, 5) is 24.8. The van der Waals surface area contributed by atoms with E-state index in [1.54, 1.807) is 6.07 Å². The molecule has 0 amide bonds. The summed E-state index contributed by atoms with van der Waals surface area (Å²) < 4.78 is 0.643. The van der Waals surface area contributed by atoms with Crippen molar-refractivity contribution in [3.05, 3.63) is 28.5 Å². The Labute approximate surface area is 82.7 Å². The van der Waals surface area contributed by atoms with Crippen LogP contribution >= 0.6 is 15.9 Å². The van der Waals surface area contributed by atoms with Gasteiger partial charge in [0.05, 0.1) is 0 Å². The molecule has 5 heteroatoms. The molecule has 68 valence electrons. The van der Waals surface area contributed by atoms with E-state index in [-0.39, 0.29) is 6.42 Å². The molecule has 1 N–H and O–H groups in total. The number of aromatic nitrogens is 1. The van der Waals surface area contributed by atoms with Crippen molar-refractivity contribution in [2.75, 3.05) is 0 Å². The number of Topliss-reactive ketones (excluding diaryl/α,β-unsaturated/α-hetero) is 1. The van der Waals surface area contributed by atoms with Crippen LogP contribution in [0.2, 0.25) is 0 Å². The number of halogens is 1. The highest BCUT2D eigenvalue weighted by atomic mass is 79.9. The van der Waals surface area contributed by atoms with Gasteiger partial charge in [-0.1, -0.05) is 0 Å². The number of nitrogens with zero attached hydrogens (tertiary/aromatic N) is 1. The molecule has 0 saturated heterocycles. The predicted molar refractivity (Wildman–Crippen MR) is 48.3 cm³/mol. The van der Waals surface area contributed by atoms with Crippen molar-refractivity contribution in [3.8, 4) is 0 Å². The lowest BCUT2D eigenvalue weighted by atomic mass is 10.1. The molecule has 1 aromatic heterocycles. The molecule has 4 nitrogen and oxygen atoms in total. The van der Waals surface area contributed by atoms with Crippen molar-refractivity contribution in [2.24, 2.45) is 0 Å². The second-order valence-electron chi connectivity index (χ2n) is 2.37. The highest BCUT2D eigenvalue weighted by Crippen LogP contribution is 2.14. The van der Waals surface area contributed by atoms with Gasteiger partial charge in [0.2, 0.25) is 5.78 Å². The Bertz CT molecular complexity index is 351. The van der Waals surface area contributed by atoms with Gasteiger partial charge < -0.3 is 5.11 Å². The van der Waals surface area contributed by atoms with Gasteiger partial charge in [0.25, 0.3) is 0 Å². The Balaban J connectivity index is 2.81. The smallest absolute Gasteiger partial charge is 0.372 e. The van der Waals surface area contributed by atoms with E-state index >= 15 is 0 Å². The summed E-state index contributed by atoms with van der Waals surface area (Å²) in [5, 5.41) is 8.35. The van der Waals surface area contributed by atoms with E-state index in [4.69, 9.17) is 5.11 Å². The largest absolute Gasteiger partial charge is 0.475 e. The summed E-state index contributed by atoms with van der Waals surface area (Å²) in [7, 11) is 0. The van der Waals surface area contributed by atoms with E-state index in [1.807, 2.05) is 0 Å². The van der Waals surface area contributed by atoms with Crippen LogP contribution in [0.5, 0.6) is 0 Å². The van der Waals surface area contributed by atoms with Crippen molar-refractivity contribution in [3.63, 3.8) is 0 Å². The molecule has 0 atom stereocenters. The van der Waals surface area contributed by atoms with Gasteiger partial charge in [-0.3, -0.25) is 9.78 Å². The van der Waals surface area contributed by atoms with Crippen LogP contribution in [0.25, 0.3) is 0 Å². The third-order valence-corrected chi connectivity index (χ3v) is 2.16. The van der Waals surface area contributed by atoms with Crippen molar-refractivity contribution in [1.82, 2.24) is 4.98 Å². The second-order valence-corrected chi connectivity index (χ2v) is 3.23. The Morgan fingerprint density at radius 2 is 2.23 bits per heavy atom. The molecular formula is C8H6BrNO3. The fourth-order valence-corrected chi connectivity index (χ4v) is 1.19. The minimum atomic E-state index is -1.41. The molecule has 1 heterocycles. The quantitative estimate of drug-likeness (QED) is 0.806. The zero-order chi connectivity index (χ0) is 9.84. The number of aliphatic carboxylic acids is 1. The van der Waals surface area contributed by atoms with Gasteiger partial charge >= 0.3 is 5.97 Å². The molecule has 0 aliphatic carbocycles. The molecule has 0 spiro atoms. The number of rotatable bonds is 3. The Morgan fingerprint density at radius 3 is 2.77 bits per heavy atom. The van der Waals surface area contributed by atoms with Crippen molar-refractivity contribution >= 4 is 27.7 Å². The number of pyridine rings is 1. The highest BCUT2D eigenvalue weighted by Gasteiger charge is 2.13. The van der Waals surface area contributed by atoms with E-state index in [2.05, 4.69) is 20.9 Å².